The first-order valence-corrected chi connectivity index (χ1v) is 9.79. The van der Waals surface area contributed by atoms with Crippen LogP contribution in [0.3, 0.4) is 0 Å². The molecule has 1 saturated heterocycles. The zero-order valence-electron chi connectivity index (χ0n) is 12.0. The second kappa shape index (κ2) is 6.76. The van der Waals surface area contributed by atoms with Crippen molar-refractivity contribution in [3.05, 3.63) is 29.8 Å². The predicted octanol–water partition coefficient (Wildman–Crippen LogP) is 3.14. The van der Waals surface area contributed by atoms with E-state index in [1.54, 1.807) is 7.11 Å². The van der Waals surface area contributed by atoms with Crippen molar-refractivity contribution in [1.29, 1.82) is 0 Å². The van der Waals surface area contributed by atoms with Crippen molar-refractivity contribution in [3.63, 3.8) is 0 Å². The molecule has 118 valence electrons. The van der Waals surface area contributed by atoms with Gasteiger partial charge in [0.1, 0.15) is 5.75 Å². The first-order chi connectivity index (χ1) is 9.96. The average Bonchev–Trinajstić information content (AvgIpc) is 2.86. The molecule has 0 spiro atoms. The number of rotatable bonds is 6. The first-order valence-electron chi connectivity index (χ1n) is 6.90. The van der Waals surface area contributed by atoms with Crippen LogP contribution in [-0.4, -0.2) is 38.8 Å². The highest BCUT2D eigenvalue weighted by Crippen LogP contribution is 2.42. The van der Waals surface area contributed by atoms with E-state index < -0.39 is 15.3 Å². The van der Waals surface area contributed by atoms with Gasteiger partial charge in [-0.3, -0.25) is 0 Å². The van der Waals surface area contributed by atoms with Crippen LogP contribution in [0.4, 0.5) is 0 Å². The maximum atomic E-state index is 11.8. The predicted molar refractivity (Wildman–Crippen MR) is 87.3 cm³/mol. The molecule has 1 heterocycles. The summed E-state index contributed by atoms with van der Waals surface area (Å²) in [5, 5.41) is 0. The molecule has 1 aliphatic heterocycles. The maximum Gasteiger partial charge on any atom is 0.150 e. The van der Waals surface area contributed by atoms with Gasteiger partial charge in [0.15, 0.2) is 9.84 Å². The van der Waals surface area contributed by atoms with Gasteiger partial charge in [-0.1, -0.05) is 18.2 Å². The van der Waals surface area contributed by atoms with Crippen LogP contribution in [-0.2, 0) is 16.3 Å². The minimum Gasteiger partial charge on any atom is -0.496 e. The fourth-order valence-electron chi connectivity index (χ4n) is 3.00. The van der Waals surface area contributed by atoms with Crippen molar-refractivity contribution < 1.29 is 13.2 Å². The van der Waals surface area contributed by atoms with E-state index >= 15 is 0 Å². The smallest absolute Gasteiger partial charge is 0.150 e. The summed E-state index contributed by atoms with van der Waals surface area (Å²) < 4.78 is 28.9. The Morgan fingerprint density at radius 3 is 2.48 bits per heavy atom. The van der Waals surface area contributed by atoms with Gasteiger partial charge in [0.05, 0.1) is 18.6 Å². The van der Waals surface area contributed by atoms with Crippen LogP contribution in [0.5, 0.6) is 5.75 Å². The maximum absolute atomic E-state index is 11.8. The van der Waals surface area contributed by atoms with Gasteiger partial charge < -0.3 is 4.74 Å². The van der Waals surface area contributed by atoms with Gasteiger partial charge in [-0.25, -0.2) is 8.42 Å². The first kappa shape index (κ1) is 16.9. The minimum absolute atomic E-state index is 0.00223. The van der Waals surface area contributed by atoms with E-state index in [0.29, 0.717) is 24.6 Å². The number of benzene rings is 1. The van der Waals surface area contributed by atoms with E-state index in [1.807, 2.05) is 24.3 Å². The summed E-state index contributed by atoms with van der Waals surface area (Å²) in [7, 11) is -1.33. The Morgan fingerprint density at radius 1 is 1.29 bits per heavy atom. The molecule has 0 aliphatic carbocycles. The molecule has 2 rings (SSSR count). The lowest BCUT2D eigenvalue weighted by Gasteiger charge is -2.35. The zero-order chi connectivity index (χ0) is 15.5. The summed E-state index contributed by atoms with van der Waals surface area (Å²) in [6.45, 7) is 0. The Balaban J connectivity index is 2.30. The lowest BCUT2D eigenvalue weighted by molar-refractivity contribution is 0.241. The van der Waals surface area contributed by atoms with E-state index in [1.165, 1.54) is 0 Å². The van der Waals surface area contributed by atoms with E-state index in [4.69, 9.17) is 27.9 Å². The third kappa shape index (κ3) is 3.66. The third-order valence-electron chi connectivity index (χ3n) is 4.37. The van der Waals surface area contributed by atoms with Crippen LogP contribution in [0.25, 0.3) is 0 Å². The molecule has 0 radical (unpaired) electrons. The number of hydrogen-bond donors (Lipinski definition) is 0. The molecule has 1 aromatic rings. The van der Waals surface area contributed by atoms with E-state index in [2.05, 4.69) is 0 Å². The van der Waals surface area contributed by atoms with Crippen LogP contribution in [0.2, 0.25) is 0 Å². The third-order valence-corrected chi connectivity index (χ3v) is 7.20. The molecular weight excluding hydrogens is 331 g/mol. The van der Waals surface area contributed by atoms with E-state index in [-0.39, 0.29) is 17.4 Å². The number of methoxy groups -OCH3 is 1. The van der Waals surface area contributed by atoms with Crippen molar-refractivity contribution in [2.45, 2.75) is 12.8 Å². The molecular formula is C15H20Cl2O3S. The van der Waals surface area contributed by atoms with Gasteiger partial charge in [-0.15, -0.1) is 23.2 Å². The Bertz CT molecular complexity index is 582. The summed E-state index contributed by atoms with van der Waals surface area (Å²) in [6, 6.07) is 7.73. The molecule has 1 fully saturated rings. The fourth-order valence-corrected chi connectivity index (χ4v) is 5.85. The molecule has 1 atom stereocenters. The van der Waals surface area contributed by atoms with Crippen LogP contribution in [0.1, 0.15) is 12.0 Å². The van der Waals surface area contributed by atoms with Crippen LogP contribution in [0.15, 0.2) is 24.3 Å². The van der Waals surface area contributed by atoms with Gasteiger partial charge in [0.2, 0.25) is 0 Å². The highest BCUT2D eigenvalue weighted by molar-refractivity contribution is 7.91. The molecule has 0 bridgehead atoms. The molecule has 0 aromatic heterocycles. The number of sulfone groups is 1. The van der Waals surface area contributed by atoms with Gasteiger partial charge in [-0.2, -0.15) is 0 Å². The average molecular weight is 351 g/mol. The van der Waals surface area contributed by atoms with Crippen LogP contribution >= 0.6 is 23.2 Å². The SMILES string of the molecule is COc1ccccc1CC(CCl)(CCl)C1CCS(=O)(=O)C1. The molecule has 1 aliphatic rings. The summed E-state index contributed by atoms with van der Waals surface area (Å²) in [5.74, 6) is 1.89. The van der Waals surface area contributed by atoms with Crippen molar-refractivity contribution in [1.82, 2.24) is 0 Å². The molecule has 1 aromatic carbocycles. The number of alkyl halides is 2. The monoisotopic (exact) mass is 350 g/mol. The number of ether oxygens (including phenoxy) is 1. The summed E-state index contributed by atoms with van der Waals surface area (Å²) in [6.07, 6.45) is 1.27. The lowest BCUT2D eigenvalue weighted by Crippen LogP contribution is -2.37. The fraction of sp³-hybridized carbons (Fsp3) is 0.600. The summed E-state index contributed by atoms with van der Waals surface area (Å²) in [4.78, 5) is 0. The van der Waals surface area contributed by atoms with E-state index in [0.717, 1.165) is 11.3 Å². The van der Waals surface area contributed by atoms with Crippen molar-refractivity contribution >= 4 is 33.0 Å². The molecule has 1 unspecified atom stereocenters. The molecule has 0 amide bonds. The Labute approximate surface area is 136 Å². The van der Waals surface area contributed by atoms with E-state index in [9.17, 15) is 8.42 Å². The largest absolute Gasteiger partial charge is 0.496 e. The number of hydrogen-bond acceptors (Lipinski definition) is 3. The van der Waals surface area contributed by atoms with Gasteiger partial charge in [0.25, 0.3) is 0 Å². The highest BCUT2D eigenvalue weighted by Gasteiger charge is 2.44. The van der Waals surface area contributed by atoms with Crippen LogP contribution < -0.4 is 4.74 Å². The number of para-hydroxylation sites is 1. The van der Waals surface area contributed by atoms with Gasteiger partial charge >= 0.3 is 0 Å². The van der Waals surface area contributed by atoms with Gasteiger partial charge in [-0.05, 0) is 30.4 Å². The van der Waals surface area contributed by atoms with Crippen molar-refractivity contribution in [2.75, 3.05) is 30.4 Å². The Hall–Kier alpha value is -0.450. The minimum atomic E-state index is -2.96. The molecule has 3 nitrogen and oxygen atoms in total. The summed E-state index contributed by atoms with van der Waals surface area (Å²) in [5.41, 5.74) is 0.604. The highest BCUT2D eigenvalue weighted by atomic mass is 35.5. The topological polar surface area (TPSA) is 43.4 Å². The second-order valence-electron chi connectivity index (χ2n) is 5.72. The second-order valence-corrected chi connectivity index (χ2v) is 8.48. The normalized spacial score (nSPS) is 21.4. The van der Waals surface area contributed by atoms with Crippen molar-refractivity contribution in [3.8, 4) is 5.75 Å². The zero-order valence-corrected chi connectivity index (χ0v) is 14.3. The Kier molecular flexibility index (Phi) is 5.44. The van der Waals surface area contributed by atoms with Crippen LogP contribution in [0, 0.1) is 11.3 Å². The van der Waals surface area contributed by atoms with Crippen molar-refractivity contribution in [2.24, 2.45) is 11.3 Å². The van der Waals surface area contributed by atoms with Gasteiger partial charge in [0, 0.05) is 17.2 Å². The molecule has 6 heteroatoms. The summed E-state index contributed by atoms with van der Waals surface area (Å²) >= 11 is 12.4. The lowest BCUT2D eigenvalue weighted by atomic mass is 9.73. The Morgan fingerprint density at radius 2 is 1.95 bits per heavy atom. The molecule has 21 heavy (non-hydrogen) atoms. The standard InChI is InChI=1S/C15H20Cl2O3S/c1-20-14-5-3-2-4-12(14)8-15(10-16,11-17)13-6-7-21(18,19)9-13/h2-5,13H,6-11H2,1H3. The quantitative estimate of drug-likeness (QED) is 0.740. The molecule has 0 saturated carbocycles. The number of halogens is 2. The molecule has 0 N–H and O–H groups in total.